The van der Waals surface area contributed by atoms with Crippen molar-refractivity contribution in [1.29, 1.82) is 0 Å². The lowest BCUT2D eigenvalue weighted by atomic mass is 9.78. The normalized spacial score (nSPS) is 32.0. The van der Waals surface area contributed by atoms with Gasteiger partial charge in [-0.1, -0.05) is 12.8 Å². The number of carboxylic acid groups (broad SMARTS) is 1. The molecule has 10 heteroatoms. The van der Waals surface area contributed by atoms with E-state index in [9.17, 15) is 35.9 Å². The van der Waals surface area contributed by atoms with E-state index in [1.807, 2.05) is 0 Å². The maximum Gasteiger partial charge on any atom is 0.394 e. The van der Waals surface area contributed by atoms with E-state index < -0.39 is 61.0 Å². The number of hydrogen-bond acceptors (Lipinski definition) is 2. The Morgan fingerprint density at radius 1 is 0.833 bits per heavy atom. The second kappa shape index (κ2) is 6.44. The molecule has 2 aliphatic rings. The van der Waals surface area contributed by atoms with E-state index in [1.54, 1.807) is 0 Å². The Kier molecular flexibility index (Phi) is 5.06. The molecular weight excluding hydrogens is 344 g/mol. The number of alkyl halides is 6. The van der Waals surface area contributed by atoms with Crippen LogP contribution in [0.15, 0.2) is 0 Å². The molecule has 1 aliphatic heterocycles. The first kappa shape index (κ1) is 18.9. The molecule has 1 aliphatic carbocycles. The maximum atomic E-state index is 13.1. The van der Waals surface area contributed by atoms with Gasteiger partial charge in [0.15, 0.2) is 0 Å². The van der Waals surface area contributed by atoms with E-state index >= 15 is 0 Å². The van der Waals surface area contributed by atoms with Crippen molar-refractivity contribution in [3.63, 3.8) is 0 Å². The number of nitrogens with zero attached hydrogens (tertiary/aromatic N) is 1. The molecule has 1 saturated carbocycles. The molecule has 1 amide bonds. The van der Waals surface area contributed by atoms with Gasteiger partial charge >= 0.3 is 18.3 Å². The van der Waals surface area contributed by atoms with Gasteiger partial charge in [-0.25, -0.2) is 0 Å². The molecular formula is C14H17F6NO3. The summed E-state index contributed by atoms with van der Waals surface area (Å²) in [5.74, 6) is -10.1. The number of likely N-dealkylation sites (tertiary alicyclic amines) is 1. The van der Waals surface area contributed by atoms with E-state index in [0.29, 0.717) is 17.7 Å². The standard InChI is InChI=1S/C14H17F6NO3/c15-13(16,17)9-4-2-1-3-7(9)11(22)21-5-8(12(23)24)10(6-21)14(18,19)20/h7-10H,1-6H2,(H,23,24)/t7?,8-,9?,10-/m1/s1. The van der Waals surface area contributed by atoms with Gasteiger partial charge in [0.25, 0.3) is 0 Å². The Bertz CT molecular complexity index is 504. The third-order valence-electron chi connectivity index (χ3n) is 4.87. The quantitative estimate of drug-likeness (QED) is 0.769. The average molecular weight is 361 g/mol. The number of aliphatic carboxylic acids is 1. The molecule has 2 unspecified atom stereocenters. The van der Waals surface area contributed by atoms with Crippen LogP contribution in [0.2, 0.25) is 0 Å². The van der Waals surface area contributed by atoms with Gasteiger partial charge in [-0.3, -0.25) is 9.59 Å². The first-order chi connectivity index (χ1) is 10.9. The largest absolute Gasteiger partial charge is 0.481 e. The van der Waals surface area contributed by atoms with Crippen LogP contribution in [0, 0.1) is 23.7 Å². The smallest absolute Gasteiger partial charge is 0.394 e. The van der Waals surface area contributed by atoms with Gasteiger partial charge in [-0.15, -0.1) is 0 Å². The lowest BCUT2D eigenvalue weighted by Gasteiger charge is -2.34. The molecule has 4 nitrogen and oxygen atoms in total. The van der Waals surface area contributed by atoms with Gasteiger partial charge in [-0.2, -0.15) is 26.3 Å². The average Bonchev–Trinajstić information content (AvgIpc) is 2.91. The fourth-order valence-electron chi connectivity index (χ4n) is 3.62. The number of hydrogen-bond donors (Lipinski definition) is 1. The molecule has 138 valence electrons. The molecule has 0 aromatic rings. The topological polar surface area (TPSA) is 57.6 Å². The Hall–Kier alpha value is -1.48. The molecule has 0 aromatic carbocycles. The molecule has 1 heterocycles. The van der Waals surface area contributed by atoms with E-state index in [2.05, 4.69) is 0 Å². The lowest BCUT2D eigenvalue weighted by molar-refractivity contribution is -0.201. The molecule has 2 fully saturated rings. The van der Waals surface area contributed by atoms with Crippen LogP contribution < -0.4 is 0 Å². The van der Waals surface area contributed by atoms with Gasteiger partial charge in [0.05, 0.1) is 17.8 Å². The van der Waals surface area contributed by atoms with Gasteiger partial charge in [0, 0.05) is 19.0 Å². The summed E-state index contributed by atoms with van der Waals surface area (Å²) in [5, 5.41) is 8.92. The van der Waals surface area contributed by atoms with Crippen LogP contribution >= 0.6 is 0 Å². The fourth-order valence-corrected chi connectivity index (χ4v) is 3.62. The summed E-state index contributed by atoms with van der Waals surface area (Å²) in [6.45, 7) is -1.61. The Labute approximate surface area is 133 Å². The zero-order valence-corrected chi connectivity index (χ0v) is 12.5. The first-order valence-electron chi connectivity index (χ1n) is 7.58. The molecule has 24 heavy (non-hydrogen) atoms. The summed E-state index contributed by atoms with van der Waals surface area (Å²) in [5.41, 5.74) is 0. The highest BCUT2D eigenvalue weighted by Gasteiger charge is 2.56. The number of amides is 1. The summed E-state index contributed by atoms with van der Waals surface area (Å²) >= 11 is 0. The summed E-state index contributed by atoms with van der Waals surface area (Å²) in [6, 6.07) is 0. The van der Waals surface area contributed by atoms with Crippen molar-refractivity contribution in [2.75, 3.05) is 13.1 Å². The molecule has 4 atom stereocenters. The van der Waals surface area contributed by atoms with Crippen molar-refractivity contribution < 1.29 is 41.0 Å². The zero-order valence-electron chi connectivity index (χ0n) is 12.5. The summed E-state index contributed by atoms with van der Waals surface area (Å²) in [7, 11) is 0. The van der Waals surface area contributed by atoms with E-state index in [0.717, 1.165) is 0 Å². The molecule has 0 aromatic heterocycles. The van der Waals surface area contributed by atoms with Crippen molar-refractivity contribution in [3.8, 4) is 0 Å². The highest BCUT2D eigenvalue weighted by atomic mass is 19.4. The number of carbonyl (C=O) groups is 2. The number of carboxylic acids is 1. The summed E-state index contributed by atoms with van der Waals surface area (Å²) < 4.78 is 78.0. The van der Waals surface area contributed by atoms with Gasteiger partial charge in [0.1, 0.15) is 0 Å². The van der Waals surface area contributed by atoms with Crippen molar-refractivity contribution in [1.82, 2.24) is 4.90 Å². The van der Waals surface area contributed by atoms with Crippen molar-refractivity contribution >= 4 is 11.9 Å². The zero-order chi connectivity index (χ0) is 18.3. The Balaban J connectivity index is 2.18. The molecule has 2 rings (SSSR count). The third kappa shape index (κ3) is 3.77. The fraction of sp³-hybridized carbons (Fsp3) is 0.857. The van der Waals surface area contributed by atoms with Crippen LogP contribution in [0.25, 0.3) is 0 Å². The van der Waals surface area contributed by atoms with Crippen LogP contribution in [0.5, 0.6) is 0 Å². The van der Waals surface area contributed by atoms with Crippen LogP contribution in [0.3, 0.4) is 0 Å². The monoisotopic (exact) mass is 361 g/mol. The molecule has 0 radical (unpaired) electrons. The Morgan fingerprint density at radius 2 is 1.38 bits per heavy atom. The van der Waals surface area contributed by atoms with Crippen LogP contribution in [0.4, 0.5) is 26.3 Å². The van der Waals surface area contributed by atoms with Gasteiger partial charge in [0.2, 0.25) is 5.91 Å². The van der Waals surface area contributed by atoms with Crippen molar-refractivity contribution in [2.24, 2.45) is 23.7 Å². The minimum atomic E-state index is -4.83. The summed E-state index contributed by atoms with van der Waals surface area (Å²) in [6.07, 6.45) is -9.02. The lowest BCUT2D eigenvalue weighted by Crippen LogP contribution is -2.44. The molecule has 0 spiro atoms. The van der Waals surface area contributed by atoms with Crippen molar-refractivity contribution in [2.45, 2.75) is 38.0 Å². The second-order valence-electron chi connectivity index (χ2n) is 6.38. The third-order valence-corrected chi connectivity index (χ3v) is 4.87. The second-order valence-corrected chi connectivity index (χ2v) is 6.38. The number of rotatable bonds is 2. The highest BCUT2D eigenvalue weighted by Crippen LogP contribution is 2.44. The summed E-state index contributed by atoms with van der Waals surface area (Å²) in [4.78, 5) is 24.0. The van der Waals surface area contributed by atoms with Crippen molar-refractivity contribution in [3.05, 3.63) is 0 Å². The number of carbonyl (C=O) groups excluding carboxylic acids is 1. The molecule has 1 saturated heterocycles. The van der Waals surface area contributed by atoms with Crippen LogP contribution in [0.1, 0.15) is 25.7 Å². The highest BCUT2D eigenvalue weighted by molar-refractivity contribution is 5.81. The maximum absolute atomic E-state index is 13.1. The Morgan fingerprint density at radius 3 is 1.83 bits per heavy atom. The first-order valence-corrected chi connectivity index (χ1v) is 7.58. The van der Waals surface area contributed by atoms with Crippen LogP contribution in [-0.2, 0) is 9.59 Å². The number of halogens is 6. The predicted molar refractivity (Wildman–Crippen MR) is 68.8 cm³/mol. The van der Waals surface area contributed by atoms with E-state index in [1.165, 1.54) is 0 Å². The van der Waals surface area contributed by atoms with E-state index in [-0.39, 0.29) is 12.8 Å². The minimum absolute atomic E-state index is 0.0477. The van der Waals surface area contributed by atoms with Crippen LogP contribution in [-0.4, -0.2) is 47.3 Å². The van der Waals surface area contributed by atoms with E-state index in [4.69, 9.17) is 5.11 Å². The predicted octanol–water partition coefficient (Wildman–Crippen LogP) is 3.08. The SMILES string of the molecule is O=C(O)[C@@H]1CN(C(=O)C2CCCCC2C(F)(F)F)C[C@H]1C(F)(F)F. The molecule has 1 N–H and O–H groups in total. The minimum Gasteiger partial charge on any atom is -0.481 e. The van der Waals surface area contributed by atoms with Gasteiger partial charge < -0.3 is 10.0 Å². The van der Waals surface area contributed by atoms with Gasteiger partial charge in [-0.05, 0) is 12.8 Å². The molecule has 0 bridgehead atoms.